The van der Waals surface area contributed by atoms with Crippen molar-refractivity contribution >= 4 is 11.7 Å². The Labute approximate surface area is 147 Å². The summed E-state index contributed by atoms with van der Waals surface area (Å²) in [5.41, 5.74) is 4.99. The number of anilines is 1. The van der Waals surface area contributed by atoms with Gasteiger partial charge in [-0.2, -0.15) is 0 Å². The van der Waals surface area contributed by atoms with Gasteiger partial charge in [-0.15, -0.1) is 0 Å². The number of hydrogen-bond donors (Lipinski definition) is 2. The van der Waals surface area contributed by atoms with Crippen molar-refractivity contribution in [2.45, 2.75) is 31.2 Å². The maximum atomic E-state index is 12.8. The number of benzene rings is 1. The number of allylic oxidation sites excluding steroid dienone is 1. The quantitative estimate of drug-likeness (QED) is 0.468. The van der Waals surface area contributed by atoms with E-state index in [0.717, 1.165) is 48.5 Å². The van der Waals surface area contributed by atoms with Crippen molar-refractivity contribution in [3.63, 3.8) is 0 Å². The minimum atomic E-state index is -0.234. The maximum Gasteiger partial charge on any atom is 0.336 e. The number of phenols is 1. The van der Waals surface area contributed by atoms with Crippen LogP contribution in [0.5, 0.6) is 5.75 Å². The molecule has 5 nitrogen and oxygen atoms in total. The number of nitrogens with one attached hydrogen (secondary N) is 1. The van der Waals surface area contributed by atoms with Crippen molar-refractivity contribution in [1.82, 2.24) is 4.90 Å². The van der Waals surface area contributed by atoms with E-state index in [2.05, 4.69) is 23.2 Å². The first-order valence-electron chi connectivity index (χ1n) is 8.92. The molecule has 3 aliphatic heterocycles. The van der Waals surface area contributed by atoms with E-state index in [9.17, 15) is 9.90 Å². The fourth-order valence-corrected chi connectivity index (χ4v) is 5.64. The summed E-state index contributed by atoms with van der Waals surface area (Å²) in [6, 6.07) is 5.86. The molecule has 25 heavy (non-hydrogen) atoms. The minimum Gasteiger partial charge on any atom is -0.508 e. The summed E-state index contributed by atoms with van der Waals surface area (Å²) < 4.78 is 5.18. The topological polar surface area (TPSA) is 61.8 Å². The van der Waals surface area contributed by atoms with E-state index in [4.69, 9.17) is 4.74 Å². The van der Waals surface area contributed by atoms with Crippen LogP contribution >= 0.6 is 0 Å². The van der Waals surface area contributed by atoms with E-state index >= 15 is 0 Å². The average molecular weight is 338 g/mol. The summed E-state index contributed by atoms with van der Waals surface area (Å²) in [6.45, 7) is 3.97. The molecule has 5 rings (SSSR count). The Balaban J connectivity index is 1.82. The van der Waals surface area contributed by atoms with Crippen LogP contribution in [0.2, 0.25) is 0 Å². The lowest BCUT2D eigenvalue weighted by molar-refractivity contribution is -0.137. The van der Waals surface area contributed by atoms with E-state index in [1.807, 2.05) is 12.1 Å². The molecular formula is C20H22N2O3. The first kappa shape index (κ1) is 15.0. The molecule has 2 bridgehead atoms. The molecule has 3 atom stereocenters. The second-order valence-corrected chi connectivity index (χ2v) is 7.49. The number of fused-ring (bicyclic) bond motifs is 2. The van der Waals surface area contributed by atoms with Gasteiger partial charge in [-0.25, -0.2) is 4.79 Å². The third kappa shape index (κ3) is 1.69. The zero-order chi connectivity index (χ0) is 17.3. The van der Waals surface area contributed by atoms with Crippen molar-refractivity contribution in [3.05, 3.63) is 46.7 Å². The average Bonchev–Trinajstić information content (AvgIpc) is 3.17. The number of hydrogen-bond acceptors (Lipinski definition) is 5. The number of methoxy groups -OCH3 is 1. The molecule has 4 aliphatic rings. The third-order valence-corrected chi connectivity index (χ3v) is 6.68. The lowest BCUT2D eigenvalue weighted by atomic mass is 9.62. The number of nitrogens with zero attached hydrogens (tertiary/aromatic N) is 1. The highest BCUT2D eigenvalue weighted by atomic mass is 16.5. The highest BCUT2D eigenvalue weighted by molar-refractivity contribution is 5.94. The van der Waals surface area contributed by atoms with Crippen LogP contribution in [0.15, 0.2) is 41.1 Å². The molecule has 1 aromatic rings. The summed E-state index contributed by atoms with van der Waals surface area (Å²) in [7, 11) is 1.46. The first-order chi connectivity index (χ1) is 12.1. The molecule has 1 spiro atoms. The van der Waals surface area contributed by atoms with E-state index < -0.39 is 0 Å². The van der Waals surface area contributed by atoms with Gasteiger partial charge in [-0.3, -0.25) is 4.90 Å². The van der Waals surface area contributed by atoms with E-state index in [-0.39, 0.29) is 23.1 Å². The summed E-state index contributed by atoms with van der Waals surface area (Å²) in [5, 5.41) is 13.6. The van der Waals surface area contributed by atoms with Gasteiger partial charge >= 0.3 is 5.97 Å². The van der Waals surface area contributed by atoms with Crippen LogP contribution < -0.4 is 5.32 Å². The maximum absolute atomic E-state index is 12.8. The predicted molar refractivity (Wildman–Crippen MR) is 94.3 cm³/mol. The normalized spacial score (nSPS) is 33.9. The molecular weight excluding hydrogens is 316 g/mol. The van der Waals surface area contributed by atoms with Gasteiger partial charge in [-0.1, -0.05) is 11.6 Å². The Kier molecular flexibility index (Phi) is 2.93. The lowest BCUT2D eigenvalue weighted by Gasteiger charge is -2.48. The summed E-state index contributed by atoms with van der Waals surface area (Å²) >= 11 is 0. The van der Waals surface area contributed by atoms with Crippen molar-refractivity contribution < 1.29 is 14.6 Å². The smallest absolute Gasteiger partial charge is 0.336 e. The van der Waals surface area contributed by atoms with Crippen LogP contribution in [0.3, 0.4) is 0 Å². The standard InChI is InChI=1S/C20H22N2O3/c1-3-11-10-22-7-6-20-14-8-12(23)4-5-15(14)21-18(20)17(19(24)25-2)13(11)9-16(20)22/h3-5,8,13,16,21,23H,6-7,9-10H2,1-2H3/b11-3+/t13-,16-,20+/m0/s1. The SMILES string of the molecule is C/C=C1\CN2CC[C@]34C(=C(C(=O)OC)[C@H]1C[C@H]23)Nc1ccc(O)cc14. The molecule has 3 heterocycles. The second kappa shape index (κ2) is 4.88. The lowest BCUT2D eigenvalue weighted by Crippen LogP contribution is -2.53. The molecule has 0 saturated carbocycles. The zero-order valence-electron chi connectivity index (χ0n) is 14.5. The first-order valence-corrected chi connectivity index (χ1v) is 8.92. The number of aromatic hydroxyl groups is 1. The third-order valence-electron chi connectivity index (χ3n) is 6.68. The fraction of sp³-hybridized carbons (Fsp3) is 0.450. The Morgan fingerprint density at radius 2 is 2.32 bits per heavy atom. The number of carbonyl (C=O) groups excluding carboxylic acids is 1. The Hall–Kier alpha value is -2.27. The number of esters is 1. The van der Waals surface area contributed by atoms with Gasteiger partial charge < -0.3 is 15.2 Å². The van der Waals surface area contributed by atoms with Gasteiger partial charge in [0.1, 0.15) is 5.75 Å². The van der Waals surface area contributed by atoms with Crippen molar-refractivity contribution in [1.29, 1.82) is 0 Å². The van der Waals surface area contributed by atoms with E-state index in [0.29, 0.717) is 6.04 Å². The molecule has 1 aliphatic carbocycles. The molecule has 5 heteroatoms. The predicted octanol–water partition coefficient (Wildman–Crippen LogP) is 2.54. The van der Waals surface area contributed by atoms with Gasteiger partial charge in [0.25, 0.3) is 0 Å². The van der Waals surface area contributed by atoms with Crippen molar-refractivity contribution in [3.8, 4) is 5.75 Å². The van der Waals surface area contributed by atoms with Crippen LogP contribution in [-0.4, -0.2) is 42.2 Å². The molecule has 0 aromatic heterocycles. The van der Waals surface area contributed by atoms with Gasteiger partial charge in [0.2, 0.25) is 0 Å². The monoisotopic (exact) mass is 338 g/mol. The Bertz CT molecular complexity index is 856. The molecule has 2 saturated heterocycles. The molecule has 0 amide bonds. The Morgan fingerprint density at radius 3 is 3.08 bits per heavy atom. The minimum absolute atomic E-state index is 0.121. The molecule has 0 radical (unpaired) electrons. The van der Waals surface area contributed by atoms with Gasteiger partial charge in [0, 0.05) is 36.4 Å². The van der Waals surface area contributed by atoms with Crippen LogP contribution in [0, 0.1) is 5.92 Å². The number of phenolic OH excluding ortho intramolecular Hbond substituents is 1. The highest BCUT2D eigenvalue weighted by Gasteiger charge is 2.62. The van der Waals surface area contributed by atoms with Gasteiger partial charge in [0.05, 0.1) is 18.1 Å². The van der Waals surface area contributed by atoms with E-state index in [1.54, 1.807) is 6.07 Å². The summed E-state index contributed by atoms with van der Waals surface area (Å²) in [5.74, 6) is 0.165. The molecule has 2 fully saturated rings. The van der Waals surface area contributed by atoms with Crippen LogP contribution in [0.4, 0.5) is 5.69 Å². The van der Waals surface area contributed by atoms with Crippen LogP contribution in [-0.2, 0) is 14.9 Å². The Morgan fingerprint density at radius 1 is 1.48 bits per heavy atom. The summed E-state index contributed by atoms with van der Waals surface area (Å²) in [6.07, 6.45) is 4.05. The number of piperidine rings is 1. The van der Waals surface area contributed by atoms with Crippen molar-refractivity contribution in [2.24, 2.45) is 5.92 Å². The second-order valence-electron chi connectivity index (χ2n) is 7.49. The van der Waals surface area contributed by atoms with Gasteiger partial charge in [-0.05, 0) is 43.5 Å². The van der Waals surface area contributed by atoms with Gasteiger partial charge in [0.15, 0.2) is 0 Å². The molecule has 0 unspecified atom stereocenters. The molecule has 1 aromatic carbocycles. The van der Waals surface area contributed by atoms with E-state index in [1.165, 1.54) is 12.7 Å². The van der Waals surface area contributed by atoms with Crippen molar-refractivity contribution in [2.75, 3.05) is 25.5 Å². The highest BCUT2D eigenvalue weighted by Crippen LogP contribution is 2.61. The van der Waals surface area contributed by atoms with Crippen LogP contribution in [0.25, 0.3) is 0 Å². The number of ether oxygens (including phenoxy) is 1. The number of rotatable bonds is 1. The zero-order valence-corrected chi connectivity index (χ0v) is 14.5. The molecule has 2 N–H and O–H groups in total. The van der Waals surface area contributed by atoms with Crippen LogP contribution in [0.1, 0.15) is 25.3 Å². The largest absolute Gasteiger partial charge is 0.508 e. The summed E-state index contributed by atoms with van der Waals surface area (Å²) in [4.78, 5) is 15.3. The molecule has 130 valence electrons. The number of carbonyl (C=O) groups is 1. The fourth-order valence-electron chi connectivity index (χ4n) is 5.64.